The van der Waals surface area contributed by atoms with Gasteiger partial charge >= 0.3 is 0 Å². The third-order valence-electron chi connectivity index (χ3n) is 3.19. The second-order valence-electron chi connectivity index (χ2n) is 4.49. The van der Waals surface area contributed by atoms with Crippen molar-refractivity contribution in [3.8, 4) is 0 Å². The number of benzene rings is 1. The number of nitrogens with one attached hydrogen (secondary N) is 1. The van der Waals surface area contributed by atoms with Crippen molar-refractivity contribution in [2.45, 2.75) is 25.9 Å². The van der Waals surface area contributed by atoms with Gasteiger partial charge in [-0.1, -0.05) is 42.4 Å². The minimum absolute atomic E-state index is 0.222. The lowest BCUT2D eigenvalue weighted by atomic mass is 10.0. The highest BCUT2D eigenvalue weighted by Gasteiger charge is 2.23. The molecule has 0 aliphatic carbocycles. The molecule has 1 atom stereocenters. The van der Waals surface area contributed by atoms with E-state index in [2.05, 4.69) is 10.5 Å². The van der Waals surface area contributed by atoms with Crippen LogP contribution < -0.4 is 5.32 Å². The van der Waals surface area contributed by atoms with Crippen molar-refractivity contribution in [3.05, 3.63) is 52.9 Å². The number of aliphatic hydroxyl groups is 1. The SMILES string of the molecule is CCc1noc(CC(O)c2ccccc2)c1C(=O)NC. The first kappa shape index (κ1) is 14.3. The first-order valence-corrected chi connectivity index (χ1v) is 6.59. The van der Waals surface area contributed by atoms with Crippen LogP contribution in [-0.2, 0) is 12.8 Å². The molecule has 1 heterocycles. The van der Waals surface area contributed by atoms with Gasteiger partial charge in [0.05, 0.1) is 11.8 Å². The Kier molecular flexibility index (Phi) is 4.53. The number of nitrogens with zero attached hydrogens (tertiary/aromatic N) is 1. The molecular formula is C15H18N2O3. The van der Waals surface area contributed by atoms with Crippen molar-refractivity contribution in [3.63, 3.8) is 0 Å². The zero-order chi connectivity index (χ0) is 14.5. The molecule has 0 fully saturated rings. The Hall–Kier alpha value is -2.14. The van der Waals surface area contributed by atoms with Crippen LogP contribution in [0.3, 0.4) is 0 Å². The fourth-order valence-electron chi connectivity index (χ4n) is 2.09. The van der Waals surface area contributed by atoms with Gasteiger partial charge in [-0.3, -0.25) is 4.79 Å². The van der Waals surface area contributed by atoms with Crippen LogP contribution in [0.15, 0.2) is 34.9 Å². The van der Waals surface area contributed by atoms with Gasteiger partial charge in [-0.05, 0) is 12.0 Å². The largest absolute Gasteiger partial charge is 0.388 e. The number of aliphatic hydroxyl groups excluding tert-OH is 1. The average molecular weight is 274 g/mol. The summed E-state index contributed by atoms with van der Waals surface area (Å²) in [7, 11) is 1.56. The molecule has 0 aliphatic rings. The van der Waals surface area contributed by atoms with Crippen LogP contribution in [0.4, 0.5) is 0 Å². The van der Waals surface area contributed by atoms with Crippen LogP contribution >= 0.6 is 0 Å². The standard InChI is InChI=1S/C15H18N2O3/c1-3-11-14(15(19)16-2)13(20-17-11)9-12(18)10-7-5-4-6-8-10/h4-8,12,18H,3,9H2,1-2H3,(H,16,19). The summed E-state index contributed by atoms with van der Waals surface area (Å²) < 4.78 is 5.23. The maximum absolute atomic E-state index is 11.9. The summed E-state index contributed by atoms with van der Waals surface area (Å²) in [4.78, 5) is 11.9. The van der Waals surface area contributed by atoms with E-state index in [1.54, 1.807) is 7.05 Å². The molecule has 0 aliphatic heterocycles. The van der Waals surface area contributed by atoms with Crippen LogP contribution in [0.2, 0.25) is 0 Å². The fourth-order valence-corrected chi connectivity index (χ4v) is 2.09. The fraction of sp³-hybridized carbons (Fsp3) is 0.333. The van der Waals surface area contributed by atoms with Crippen molar-refractivity contribution in [1.82, 2.24) is 10.5 Å². The van der Waals surface area contributed by atoms with Gasteiger partial charge < -0.3 is 14.9 Å². The molecule has 1 aromatic heterocycles. The maximum Gasteiger partial charge on any atom is 0.256 e. The van der Waals surface area contributed by atoms with Gasteiger partial charge in [-0.25, -0.2) is 0 Å². The number of hydrogen-bond acceptors (Lipinski definition) is 4. The lowest BCUT2D eigenvalue weighted by Crippen LogP contribution is -2.20. The van der Waals surface area contributed by atoms with Crippen LogP contribution in [0, 0.1) is 0 Å². The number of rotatable bonds is 5. The van der Waals surface area contributed by atoms with Gasteiger partial charge in [0, 0.05) is 13.5 Å². The molecule has 1 aromatic carbocycles. The highest BCUT2D eigenvalue weighted by Crippen LogP contribution is 2.22. The van der Waals surface area contributed by atoms with Crippen LogP contribution in [0.5, 0.6) is 0 Å². The zero-order valence-corrected chi connectivity index (χ0v) is 11.6. The minimum atomic E-state index is -0.725. The summed E-state index contributed by atoms with van der Waals surface area (Å²) in [6.07, 6.45) is 0.102. The Balaban J connectivity index is 2.25. The van der Waals surface area contributed by atoms with E-state index in [0.717, 1.165) is 5.56 Å². The molecule has 2 rings (SSSR count). The van der Waals surface area contributed by atoms with E-state index < -0.39 is 6.10 Å². The molecule has 5 nitrogen and oxygen atoms in total. The lowest BCUT2D eigenvalue weighted by Gasteiger charge is -2.09. The minimum Gasteiger partial charge on any atom is -0.388 e. The lowest BCUT2D eigenvalue weighted by molar-refractivity contribution is 0.0958. The zero-order valence-electron chi connectivity index (χ0n) is 11.6. The molecule has 106 valence electrons. The predicted molar refractivity (Wildman–Crippen MR) is 74.4 cm³/mol. The molecule has 0 bridgehead atoms. The van der Waals surface area contributed by atoms with Crippen molar-refractivity contribution in [2.24, 2.45) is 0 Å². The Morgan fingerprint density at radius 2 is 2.10 bits per heavy atom. The highest BCUT2D eigenvalue weighted by atomic mass is 16.5. The number of hydrogen-bond donors (Lipinski definition) is 2. The monoisotopic (exact) mass is 274 g/mol. The quantitative estimate of drug-likeness (QED) is 0.872. The number of carbonyl (C=O) groups excluding carboxylic acids is 1. The van der Waals surface area contributed by atoms with Gasteiger partial charge in [-0.2, -0.15) is 0 Å². The van der Waals surface area contributed by atoms with Crippen molar-refractivity contribution < 1.29 is 14.4 Å². The summed E-state index contributed by atoms with van der Waals surface area (Å²) >= 11 is 0. The number of amides is 1. The highest BCUT2D eigenvalue weighted by molar-refractivity contribution is 5.96. The van der Waals surface area contributed by atoms with E-state index in [0.29, 0.717) is 23.4 Å². The first-order valence-electron chi connectivity index (χ1n) is 6.59. The second kappa shape index (κ2) is 6.34. The van der Waals surface area contributed by atoms with Crippen molar-refractivity contribution >= 4 is 5.91 Å². The maximum atomic E-state index is 11.9. The summed E-state index contributed by atoms with van der Waals surface area (Å²) in [6.45, 7) is 1.90. The molecule has 0 saturated heterocycles. The molecule has 1 amide bonds. The molecule has 0 spiro atoms. The Labute approximate surface area is 117 Å². The molecule has 0 radical (unpaired) electrons. The van der Waals surface area contributed by atoms with Crippen LogP contribution in [0.25, 0.3) is 0 Å². The van der Waals surface area contributed by atoms with E-state index in [1.807, 2.05) is 37.3 Å². The van der Waals surface area contributed by atoms with Crippen LogP contribution in [0.1, 0.15) is 40.4 Å². The Bertz CT molecular complexity index is 578. The summed E-state index contributed by atoms with van der Waals surface area (Å²) in [5, 5.41) is 16.7. The second-order valence-corrected chi connectivity index (χ2v) is 4.49. The van der Waals surface area contributed by atoms with Crippen molar-refractivity contribution in [2.75, 3.05) is 7.05 Å². The van der Waals surface area contributed by atoms with E-state index in [1.165, 1.54) is 0 Å². The molecule has 20 heavy (non-hydrogen) atoms. The van der Waals surface area contributed by atoms with Gasteiger partial charge in [-0.15, -0.1) is 0 Å². The Morgan fingerprint density at radius 1 is 1.40 bits per heavy atom. The smallest absolute Gasteiger partial charge is 0.256 e. The number of aromatic nitrogens is 1. The number of carbonyl (C=O) groups is 1. The summed E-state index contributed by atoms with van der Waals surface area (Å²) in [5.41, 5.74) is 1.83. The van der Waals surface area contributed by atoms with E-state index in [9.17, 15) is 9.90 Å². The third-order valence-corrected chi connectivity index (χ3v) is 3.19. The topological polar surface area (TPSA) is 75.4 Å². The number of aryl methyl sites for hydroxylation is 1. The third kappa shape index (κ3) is 2.88. The van der Waals surface area contributed by atoms with Gasteiger partial charge in [0.2, 0.25) is 0 Å². The van der Waals surface area contributed by atoms with Gasteiger partial charge in [0.1, 0.15) is 5.56 Å². The van der Waals surface area contributed by atoms with E-state index >= 15 is 0 Å². The summed E-state index contributed by atoms with van der Waals surface area (Å²) in [6, 6.07) is 9.27. The van der Waals surface area contributed by atoms with Crippen molar-refractivity contribution in [1.29, 1.82) is 0 Å². The first-order chi connectivity index (χ1) is 9.67. The molecule has 1 unspecified atom stereocenters. The average Bonchev–Trinajstić information content (AvgIpc) is 2.90. The molecule has 2 aromatic rings. The summed E-state index contributed by atoms with van der Waals surface area (Å²) in [5.74, 6) is 0.177. The van der Waals surface area contributed by atoms with E-state index in [4.69, 9.17) is 4.52 Å². The molecular weight excluding hydrogens is 256 g/mol. The predicted octanol–water partition coefficient (Wildman–Crippen LogP) is 1.87. The van der Waals surface area contributed by atoms with Gasteiger partial charge in [0.25, 0.3) is 5.91 Å². The van der Waals surface area contributed by atoms with Gasteiger partial charge in [0.15, 0.2) is 5.76 Å². The molecule has 2 N–H and O–H groups in total. The Morgan fingerprint density at radius 3 is 2.70 bits per heavy atom. The normalized spacial score (nSPS) is 12.2. The molecule has 0 saturated carbocycles. The van der Waals surface area contributed by atoms with Crippen LogP contribution in [-0.4, -0.2) is 23.2 Å². The van der Waals surface area contributed by atoms with E-state index in [-0.39, 0.29) is 12.3 Å². The molecule has 5 heteroatoms.